The van der Waals surface area contributed by atoms with Crippen LogP contribution < -0.4 is 0 Å². The summed E-state index contributed by atoms with van der Waals surface area (Å²) in [5.41, 5.74) is 0.751. The highest BCUT2D eigenvalue weighted by Crippen LogP contribution is 2.26. The van der Waals surface area contributed by atoms with E-state index in [1.165, 1.54) is 6.08 Å². The fraction of sp³-hybridized carbons (Fsp3) is 0. The Morgan fingerprint density at radius 1 is 1.27 bits per heavy atom. The SMILES string of the molecule is C=Cc1nc(-c2ccc(Cl)c(Cl)c2)no1. The van der Waals surface area contributed by atoms with Crippen molar-refractivity contribution in [1.82, 2.24) is 10.1 Å². The Balaban J connectivity index is 2.44. The molecule has 0 aliphatic rings. The number of halogens is 2. The first-order valence-electron chi connectivity index (χ1n) is 4.12. The molecule has 1 heterocycles. The molecule has 76 valence electrons. The van der Waals surface area contributed by atoms with Gasteiger partial charge in [0.25, 0.3) is 0 Å². The Bertz CT molecular complexity index is 508. The van der Waals surface area contributed by atoms with Crippen molar-refractivity contribution in [3.63, 3.8) is 0 Å². The summed E-state index contributed by atoms with van der Waals surface area (Å²) >= 11 is 11.7. The highest BCUT2D eigenvalue weighted by molar-refractivity contribution is 6.42. The van der Waals surface area contributed by atoms with Gasteiger partial charge in [0.15, 0.2) is 0 Å². The molecule has 2 rings (SSSR count). The highest BCUT2D eigenvalue weighted by atomic mass is 35.5. The topological polar surface area (TPSA) is 38.9 Å². The second-order valence-electron chi connectivity index (χ2n) is 2.79. The summed E-state index contributed by atoms with van der Waals surface area (Å²) in [7, 11) is 0. The zero-order valence-electron chi connectivity index (χ0n) is 7.58. The molecule has 0 saturated heterocycles. The van der Waals surface area contributed by atoms with E-state index in [0.717, 1.165) is 5.56 Å². The molecule has 0 atom stereocenters. The van der Waals surface area contributed by atoms with Gasteiger partial charge in [0.1, 0.15) is 0 Å². The molecule has 1 aromatic carbocycles. The van der Waals surface area contributed by atoms with Gasteiger partial charge < -0.3 is 4.52 Å². The average molecular weight is 241 g/mol. The first kappa shape index (κ1) is 10.2. The first-order chi connectivity index (χ1) is 7.20. The molecule has 0 fully saturated rings. The van der Waals surface area contributed by atoms with E-state index in [9.17, 15) is 0 Å². The van der Waals surface area contributed by atoms with Gasteiger partial charge in [-0.25, -0.2) is 0 Å². The standard InChI is InChI=1S/C10H6Cl2N2O/c1-2-9-13-10(14-15-9)6-3-4-7(11)8(12)5-6/h2-5H,1H2. The van der Waals surface area contributed by atoms with Crippen molar-refractivity contribution in [3.05, 3.63) is 40.7 Å². The average Bonchev–Trinajstić information content (AvgIpc) is 2.70. The summed E-state index contributed by atoms with van der Waals surface area (Å²) in [6.07, 6.45) is 1.48. The van der Waals surface area contributed by atoms with Gasteiger partial charge in [-0.05, 0) is 24.3 Å². The molecule has 0 N–H and O–H groups in total. The summed E-state index contributed by atoms with van der Waals surface area (Å²) in [6.45, 7) is 3.53. The highest BCUT2D eigenvalue weighted by Gasteiger charge is 2.07. The van der Waals surface area contributed by atoms with Crippen molar-refractivity contribution < 1.29 is 4.52 Å². The van der Waals surface area contributed by atoms with Gasteiger partial charge in [-0.15, -0.1) is 0 Å². The normalized spacial score (nSPS) is 10.3. The minimum atomic E-state index is 0.371. The molecule has 0 bridgehead atoms. The predicted molar refractivity (Wildman–Crippen MR) is 59.8 cm³/mol. The Morgan fingerprint density at radius 2 is 2.07 bits per heavy atom. The van der Waals surface area contributed by atoms with Gasteiger partial charge >= 0.3 is 0 Å². The van der Waals surface area contributed by atoms with Gasteiger partial charge in [0.2, 0.25) is 11.7 Å². The molecule has 0 aliphatic carbocycles. The van der Waals surface area contributed by atoms with E-state index in [1.54, 1.807) is 18.2 Å². The second kappa shape index (κ2) is 4.04. The number of rotatable bonds is 2. The maximum Gasteiger partial charge on any atom is 0.250 e. The van der Waals surface area contributed by atoms with E-state index in [2.05, 4.69) is 16.7 Å². The van der Waals surface area contributed by atoms with Crippen LogP contribution in [0.2, 0.25) is 10.0 Å². The summed E-state index contributed by atoms with van der Waals surface area (Å²) < 4.78 is 4.88. The lowest BCUT2D eigenvalue weighted by molar-refractivity contribution is 0.411. The molecule has 3 nitrogen and oxygen atoms in total. The minimum Gasteiger partial charge on any atom is -0.334 e. The van der Waals surface area contributed by atoms with Crippen LogP contribution in [-0.4, -0.2) is 10.1 Å². The summed E-state index contributed by atoms with van der Waals surface area (Å²) in [5.74, 6) is 0.833. The van der Waals surface area contributed by atoms with Crippen LogP contribution in [0.25, 0.3) is 17.5 Å². The van der Waals surface area contributed by atoms with Crippen LogP contribution in [0.1, 0.15) is 5.89 Å². The van der Waals surface area contributed by atoms with Crippen molar-refractivity contribution in [1.29, 1.82) is 0 Å². The quantitative estimate of drug-likeness (QED) is 0.804. The van der Waals surface area contributed by atoms with Crippen molar-refractivity contribution in [2.24, 2.45) is 0 Å². The van der Waals surface area contributed by atoms with Gasteiger partial charge in [0.05, 0.1) is 10.0 Å². The summed E-state index contributed by atoms with van der Waals surface area (Å²) in [6, 6.07) is 5.14. The molecule has 1 aromatic heterocycles. The molecule has 2 aromatic rings. The lowest BCUT2D eigenvalue weighted by atomic mass is 10.2. The van der Waals surface area contributed by atoms with Gasteiger partial charge in [-0.2, -0.15) is 4.98 Å². The number of aromatic nitrogens is 2. The molecule has 0 unspecified atom stereocenters. The zero-order valence-corrected chi connectivity index (χ0v) is 9.09. The Hall–Kier alpha value is -1.32. The number of nitrogens with zero attached hydrogens (tertiary/aromatic N) is 2. The maximum absolute atomic E-state index is 5.87. The predicted octanol–water partition coefficient (Wildman–Crippen LogP) is 3.69. The third-order valence-electron chi connectivity index (χ3n) is 1.79. The van der Waals surface area contributed by atoms with Crippen LogP contribution in [0.3, 0.4) is 0 Å². The molecule has 0 radical (unpaired) electrons. The lowest BCUT2D eigenvalue weighted by Gasteiger charge is -1.97. The second-order valence-corrected chi connectivity index (χ2v) is 3.60. The third kappa shape index (κ3) is 2.03. The lowest BCUT2D eigenvalue weighted by Crippen LogP contribution is -1.81. The van der Waals surface area contributed by atoms with E-state index < -0.39 is 0 Å². The van der Waals surface area contributed by atoms with Crippen LogP contribution in [0.4, 0.5) is 0 Å². The summed E-state index contributed by atoms with van der Waals surface area (Å²) in [4.78, 5) is 4.07. The van der Waals surface area contributed by atoms with Crippen molar-refractivity contribution >= 4 is 29.3 Å². The van der Waals surface area contributed by atoms with Crippen molar-refractivity contribution in [2.75, 3.05) is 0 Å². The number of hydrogen-bond donors (Lipinski definition) is 0. The van der Waals surface area contributed by atoms with Crippen LogP contribution in [0.5, 0.6) is 0 Å². The van der Waals surface area contributed by atoms with Gasteiger partial charge in [-0.1, -0.05) is 34.9 Å². The van der Waals surface area contributed by atoms with Crippen LogP contribution in [0, 0.1) is 0 Å². The van der Waals surface area contributed by atoms with Crippen LogP contribution >= 0.6 is 23.2 Å². The third-order valence-corrected chi connectivity index (χ3v) is 2.53. The number of benzene rings is 1. The molecular formula is C10H6Cl2N2O. The molecule has 5 heteroatoms. The van der Waals surface area contributed by atoms with Crippen LogP contribution in [-0.2, 0) is 0 Å². The Kier molecular flexibility index (Phi) is 2.75. The van der Waals surface area contributed by atoms with Crippen LogP contribution in [0.15, 0.2) is 29.3 Å². The van der Waals surface area contributed by atoms with E-state index in [0.29, 0.717) is 21.8 Å². The zero-order chi connectivity index (χ0) is 10.8. The maximum atomic E-state index is 5.87. The molecule has 15 heavy (non-hydrogen) atoms. The molecule has 0 aliphatic heterocycles. The molecule has 0 spiro atoms. The Morgan fingerprint density at radius 3 is 2.67 bits per heavy atom. The van der Waals surface area contributed by atoms with E-state index in [1.807, 2.05) is 0 Å². The molecular weight excluding hydrogens is 235 g/mol. The number of hydrogen-bond acceptors (Lipinski definition) is 3. The summed E-state index contributed by atoms with van der Waals surface area (Å²) in [5, 5.41) is 4.72. The van der Waals surface area contributed by atoms with Gasteiger partial charge in [0, 0.05) is 5.56 Å². The monoisotopic (exact) mass is 240 g/mol. The molecule has 0 amide bonds. The first-order valence-corrected chi connectivity index (χ1v) is 4.88. The Labute approximate surface area is 96.3 Å². The fourth-order valence-electron chi connectivity index (χ4n) is 1.07. The fourth-order valence-corrected chi connectivity index (χ4v) is 1.37. The van der Waals surface area contributed by atoms with Crippen molar-refractivity contribution in [2.45, 2.75) is 0 Å². The van der Waals surface area contributed by atoms with E-state index >= 15 is 0 Å². The van der Waals surface area contributed by atoms with E-state index in [4.69, 9.17) is 27.7 Å². The largest absolute Gasteiger partial charge is 0.334 e. The van der Waals surface area contributed by atoms with Crippen molar-refractivity contribution in [3.8, 4) is 11.4 Å². The molecule has 0 saturated carbocycles. The van der Waals surface area contributed by atoms with Gasteiger partial charge in [-0.3, -0.25) is 0 Å². The smallest absolute Gasteiger partial charge is 0.250 e. The van der Waals surface area contributed by atoms with E-state index in [-0.39, 0.29) is 0 Å². The minimum absolute atomic E-state index is 0.371.